The number of carbonyl (C=O) groups excluding carboxylic acids is 2. The highest BCUT2D eigenvalue weighted by Gasteiger charge is 2.19. The van der Waals surface area contributed by atoms with Crippen molar-refractivity contribution in [2.24, 2.45) is 0 Å². The predicted molar refractivity (Wildman–Crippen MR) is 120 cm³/mol. The lowest BCUT2D eigenvalue weighted by molar-refractivity contribution is -0.115. The van der Waals surface area contributed by atoms with E-state index in [1.54, 1.807) is 0 Å². The molecular formula is C25H27N3O2. The van der Waals surface area contributed by atoms with Crippen molar-refractivity contribution in [3.63, 3.8) is 0 Å². The lowest BCUT2D eigenvalue weighted by atomic mass is 9.95. The molecule has 5 heteroatoms. The Kier molecular flexibility index (Phi) is 6.07. The van der Waals surface area contributed by atoms with E-state index in [2.05, 4.69) is 10.6 Å². The molecule has 1 heterocycles. The first-order valence-electron chi connectivity index (χ1n) is 10.7. The number of amides is 2. The Hall–Kier alpha value is -3.21. The van der Waals surface area contributed by atoms with Crippen molar-refractivity contribution >= 4 is 28.4 Å². The standard InChI is InChI=1S/C25H27N3O2/c1-2-24(29)26-19-14-12-17(13-15-19)23-16-21(20-10-6-7-11-22(20)28-23)25(30)27-18-8-4-3-5-9-18/h6-7,10-16,18H,2-5,8-9H2,1H3,(H,26,29)(H,27,30). The molecule has 154 valence electrons. The molecule has 5 nitrogen and oxygen atoms in total. The molecule has 1 aromatic heterocycles. The minimum atomic E-state index is -0.0337. The van der Waals surface area contributed by atoms with Gasteiger partial charge in [0, 0.05) is 29.1 Å². The van der Waals surface area contributed by atoms with E-state index >= 15 is 0 Å². The van der Waals surface area contributed by atoms with E-state index in [9.17, 15) is 9.59 Å². The summed E-state index contributed by atoms with van der Waals surface area (Å²) >= 11 is 0. The summed E-state index contributed by atoms with van der Waals surface area (Å²) in [6, 6.07) is 17.5. The minimum absolute atomic E-state index is 0.0201. The van der Waals surface area contributed by atoms with Gasteiger partial charge in [-0.3, -0.25) is 9.59 Å². The van der Waals surface area contributed by atoms with Crippen LogP contribution in [-0.2, 0) is 4.79 Å². The van der Waals surface area contributed by atoms with Crippen molar-refractivity contribution in [2.45, 2.75) is 51.5 Å². The molecule has 0 unspecified atom stereocenters. The molecule has 0 spiro atoms. The normalized spacial score (nSPS) is 14.4. The van der Waals surface area contributed by atoms with Crippen molar-refractivity contribution in [1.82, 2.24) is 10.3 Å². The number of hydrogen-bond donors (Lipinski definition) is 2. The van der Waals surface area contributed by atoms with Gasteiger partial charge >= 0.3 is 0 Å². The van der Waals surface area contributed by atoms with Gasteiger partial charge in [-0.05, 0) is 37.1 Å². The van der Waals surface area contributed by atoms with Crippen molar-refractivity contribution in [3.05, 3.63) is 60.2 Å². The quantitative estimate of drug-likeness (QED) is 0.608. The first kappa shape index (κ1) is 20.1. The van der Waals surface area contributed by atoms with E-state index in [-0.39, 0.29) is 17.9 Å². The summed E-state index contributed by atoms with van der Waals surface area (Å²) < 4.78 is 0. The maximum absolute atomic E-state index is 13.1. The maximum atomic E-state index is 13.1. The van der Waals surface area contributed by atoms with Gasteiger partial charge in [0.15, 0.2) is 0 Å². The molecule has 3 aromatic rings. The number of pyridine rings is 1. The highest BCUT2D eigenvalue weighted by atomic mass is 16.2. The number of carbonyl (C=O) groups is 2. The number of aromatic nitrogens is 1. The smallest absolute Gasteiger partial charge is 0.252 e. The SMILES string of the molecule is CCC(=O)Nc1ccc(-c2cc(C(=O)NC3CCCCC3)c3ccccc3n2)cc1. The van der Waals surface area contributed by atoms with Crippen LogP contribution in [0.1, 0.15) is 55.8 Å². The van der Waals surface area contributed by atoms with Crippen LogP contribution in [0, 0.1) is 0 Å². The van der Waals surface area contributed by atoms with Gasteiger partial charge in [-0.2, -0.15) is 0 Å². The third kappa shape index (κ3) is 4.51. The van der Waals surface area contributed by atoms with E-state index in [0.717, 1.165) is 40.7 Å². The van der Waals surface area contributed by atoms with Crippen molar-refractivity contribution in [3.8, 4) is 11.3 Å². The number of benzene rings is 2. The number of rotatable bonds is 5. The van der Waals surface area contributed by atoms with Crippen LogP contribution in [0.5, 0.6) is 0 Å². The van der Waals surface area contributed by atoms with Gasteiger partial charge in [0.05, 0.1) is 16.8 Å². The van der Waals surface area contributed by atoms with E-state index in [1.165, 1.54) is 19.3 Å². The average molecular weight is 402 g/mol. The fraction of sp³-hybridized carbons (Fsp3) is 0.320. The Balaban J connectivity index is 1.66. The van der Waals surface area contributed by atoms with Crippen molar-refractivity contribution < 1.29 is 9.59 Å². The Bertz CT molecular complexity index is 1050. The van der Waals surface area contributed by atoms with Crippen molar-refractivity contribution in [2.75, 3.05) is 5.32 Å². The second-order valence-corrected chi connectivity index (χ2v) is 7.86. The predicted octanol–water partition coefficient (Wildman–Crippen LogP) is 5.31. The second-order valence-electron chi connectivity index (χ2n) is 7.86. The molecular weight excluding hydrogens is 374 g/mol. The number of anilines is 1. The molecule has 1 aliphatic rings. The summed E-state index contributed by atoms with van der Waals surface area (Å²) in [5.74, 6) is -0.0539. The molecule has 1 saturated carbocycles. The summed E-state index contributed by atoms with van der Waals surface area (Å²) in [5.41, 5.74) is 3.86. The van der Waals surface area contributed by atoms with Crippen LogP contribution in [0.4, 0.5) is 5.69 Å². The summed E-state index contributed by atoms with van der Waals surface area (Å²) in [7, 11) is 0. The molecule has 0 radical (unpaired) electrons. The molecule has 0 bridgehead atoms. The Morgan fingerprint density at radius 2 is 1.73 bits per heavy atom. The number of fused-ring (bicyclic) bond motifs is 1. The topological polar surface area (TPSA) is 71.1 Å². The van der Waals surface area contributed by atoms with Crippen molar-refractivity contribution in [1.29, 1.82) is 0 Å². The van der Waals surface area contributed by atoms with Gasteiger partial charge in [0.1, 0.15) is 0 Å². The molecule has 4 rings (SSSR count). The molecule has 2 amide bonds. The zero-order valence-electron chi connectivity index (χ0n) is 17.3. The van der Waals surface area contributed by atoms with Crippen LogP contribution in [-0.4, -0.2) is 22.8 Å². The minimum Gasteiger partial charge on any atom is -0.349 e. The van der Waals surface area contributed by atoms with Crippen LogP contribution in [0.15, 0.2) is 54.6 Å². The van der Waals surface area contributed by atoms with Gasteiger partial charge in [-0.1, -0.05) is 56.5 Å². The Morgan fingerprint density at radius 1 is 1.00 bits per heavy atom. The summed E-state index contributed by atoms with van der Waals surface area (Å²) in [6.07, 6.45) is 6.14. The van der Waals surface area contributed by atoms with E-state index in [4.69, 9.17) is 4.98 Å². The monoisotopic (exact) mass is 401 g/mol. The lowest BCUT2D eigenvalue weighted by Gasteiger charge is -2.23. The van der Waals surface area contributed by atoms with E-state index in [0.29, 0.717) is 12.0 Å². The zero-order chi connectivity index (χ0) is 20.9. The lowest BCUT2D eigenvalue weighted by Crippen LogP contribution is -2.36. The molecule has 2 aromatic carbocycles. The third-order valence-corrected chi connectivity index (χ3v) is 5.69. The molecule has 1 fully saturated rings. The summed E-state index contributed by atoms with van der Waals surface area (Å²) in [5, 5.41) is 6.94. The Labute approximate surface area is 176 Å². The van der Waals surface area contributed by atoms with Gasteiger partial charge in [0.25, 0.3) is 5.91 Å². The molecule has 2 N–H and O–H groups in total. The summed E-state index contributed by atoms with van der Waals surface area (Å²) in [4.78, 5) is 29.5. The molecule has 30 heavy (non-hydrogen) atoms. The van der Waals surface area contributed by atoms with Crippen LogP contribution >= 0.6 is 0 Å². The second kappa shape index (κ2) is 9.08. The fourth-order valence-electron chi connectivity index (χ4n) is 3.99. The largest absolute Gasteiger partial charge is 0.349 e. The fourth-order valence-corrected chi connectivity index (χ4v) is 3.99. The molecule has 0 aliphatic heterocycles. The molecule has 1 aliphatic carbocycles. The zero-order valence-corrected chi connectivity index (χ0v) is 17.3. The number of nitrogens with one attached hydrogen (secondary N) is 2. The molecule has 0 atom stereocenters. The van der Waals surface area contributed by atoms with Gasteiger partial charge in [-0.15, -0.1) is 0 Å². The van der Waals surface area contributed by atoms with E-state index in [1.807, 2.05) is 61.5 Å². The van der Waals surface area contributed by atoms with Crippen LogP contribution in [0.3, 0.4) is 0 Å². The highest BCUT2D eigenvalue weighted by Crippen LogP contribution is 2.27. The summed E-state index contributed by atoms with van der Waals surface area (Å²) in [6.45, 7) is 1.82. The number of hydrogen-bond acceptors (Lipinski definition) is 3. The average Bonchev–Trinajstić information content (AvgIpc) is 2.79. The molecule has 0 saturated heterocycles. The first-order valence-corrected chi connectivity index (χ1v) is 10.7. The van der Waals surface area contributed by atoms with Gasteiger partial charge in [-0.25, -0.2) is 4.98 Å². The number of para-hydroxylation sites is 1. The third-order valence-electron chi connectivity index (χ3n) is 5.69. The first-order chi connectivity index (χ1) is 14.6. The van der Waals surface area contributed by atoms with E-state index < -0.39 is 0 Å². The maximum Gasteiger partial charge on any atom is 0.252 e. The van der Waals surface area contributed by atoms with Gasteiger partial charge < -0.3 is 10.6 Å². The number of nitrogens with zero attached hydrogens (tertiary/aromatic N) is 1. The highest BCUT2D eigenvalue weighted by molar-refractivity contribution is 6.07. The Morgan fingerprint density at radius 3 is 2.47 bits per heavy atom. The van der Waals surface area contributed by atoms with Crippen LogP contribution in [0.25, 0.3) is 22.2 Å². The van der Waals surface area contributed by atoms with Gasteiger partial charge in [0.2, 0.25) is 5.91 Å². The van der Waals surface area contributed by atoms with Crippen LogP contribution in [0.2, 0.25) is 0 Å². The van der Waals surface area contributed by atoms with Crippen LogP contribution < -0.4 is 10.6 Å².